The SMILES string of the molecule is CN=C(NCCc1cccs1)NC[C@H]1CCCN1CC(C)C. The van der Waals surface area contributed by atoms with Crippen LogP contribution in [0.5, 0.6) is 0 Å². The standard InChI is InChI=1S/C17H30N4S/c1-14(2)13-21-10-4-6-15(21)12-20-17(18-3)19-9-8-16-7-5-11-22-16/h5,7,11,14-15H,4,6,8-10,12-13H2,1-3H3,(H2,18,19,20)/t15-/m1/s1. The van der Waals surface area contributed by atoms with Crippen LogP contribution in [0.15, 0.2) is 22.5 Å². The molecule has 0 saturated carbocycles. The molecule has 0 spiro atoms. The number of guanidine groups is 1. The van der Waals surface area contributed by atoms with Crippen molar-refractivity contribution in [2.24, 2.45) is 10.9 Å². The van der Waals surface area contributed by atoms with E-state index in [-0.39, 0.29) is 0 Å². The Bertz CT molecular complexity index is 442. The van der Waals surface area contributed by atoms with Gasteiger partial charge in [0.2, 0.25) is 0 Å². The second-order valence-corrected chi connectivity index (χ2v) is 7.43. The maximum absolute atomic E-state index is 4.33. The van der Waals surface area contributed by atoms with Crippen molar-refractivity contribution in [1.82, 2.24) is 15.5 Å². The van der Waals surface area contributed by atoms with Crippen LogP contribution in [0.2, 0.25) is 0 Å². The summed E-state index contributed by atoms with van der Waals surface area (Å²) in [6, 6.07) is 4.94. The van der Waals surface area contributed by atoms with Crippen LogP contribution in [0.3, 0.4) is 0 Å². The molecule has 0 aromatic carbocycles. The van der Waals surface area contributed by atoms with Crippen LogP contribution in [0.4, 0.5) is 0 Å². The average molecular weight is 323 g/mol. The van der Waals surface area contributed by atoms with Crippen LogP contribution in [-0.2, 0) is 6.42 Å². The molecule has 1 aliphatic rings. The van der Waals surface area contributed by atoms with Crippen molar-refractivity contribution < 1.29 is 0 Å². The molecular weight excluding hydrogens is 292 g/mol. The number of likely N-dealkylation sites (tertiary alicyclic amines) is 1. The van der Waals surface area contributed by atoms with Crippen LogP contribution in [0.25, 0.3) is 0 Å². The molecule has 1 atom stereocenters. The molecule has 1 saturated heterocycles. The second kappa shape index (κ2) is 9.16. The summed E-state index contributed by atoms with van der Waals surface area (Å²) in [4.78, 5) is 8.37. The van der Waals surface area contributed by atoms with Gasteiger partial charge in [0, 0.05) is 37.6 Å². The molecule has 1 aromatic rings. The van der Waals surface area contributed by atoms with Gasteiger partial charge in [-0.2, -0.15) is 0 Å². The summed E-state index contributed by atoms with van der Waals surface area (Å²) in [7, 11) is 1.85. The molecule has 1 fully saturated rings. The molecular formula is C17H30N4S. The van der Waals surface area contributed by atoms with Crippen molar-refractivity contribution >= 4 is 17.3 Å². The Morgan fingerprint density at radius 1 is 1.45 bits per heavy atom. The molecule has 0 unspecified atom stereocenters. The first-order valence-corrected chi connectivity index (χ1v) is 9.28. The summed E-state index contributed by atoms with van der Waals surface area (Å²) in [5.41, 5.74) is 0. The quantitative estimate of drug-likeness (QED) is 0.599. The number of thiophene rings is 1. The van der Waals surface area contributed by atoms with Gasteiger partial charge in [-0.25, -0.2) is 0 Å². The fourth-order valence-corrected chi connectivity index (χ4v) is 3.74. The molecule has 124 valence electrons. The summed E-state index contributed by atoms with van der Waals surface area (Å²) in [5, 5.41) is 9.04. The molecule has 1 aromatic heterocycles. The van der Waals surface area contributed by atoms with E-state index in [0.717, 1.165) is 31.4 Å². The maximum Gasteiger partial charge on any atom is 0.191 e. The van der Waals surface area contributed by atoms with Gasteiger partial charge in [0.1, 0.15) is 0 Å². The third kappa shape index (κ3) is 5.61. The molecule has 22 heavy (non-hydrogen) atoms. The Labute approximate surface area is 139 Å². The zero-order valence-electron chi connectivity index (χ0n) is 14.1. The number of rotatable bonds is 7. The fraction of sp³-hybridized carbons (Fsp3) is 0.706. The molecule has 4 nitrogen and oxygen atoms in total. The zero-order valence-corrected chi connectivity index (χ0v) is 15.0. The zero-order chi connectivity index (χ0) is 15.8. The smallest absolute Gasteiger partial charge is 0.191 e. The Balaban J connectivity index is 1.69. The Kier molecular flexibility index (Phi) is 7.19. The summed E-state index contributed by atoms with van der Waals surface area (Å²) in [6.45, 7) is 8.97. The van der Waals surface area contributed by atoms with E-state index in [1.54, 1.807) is 0 Å². The predicted molar refractivity (Wildman–Crippen MR) is 96.8 cm³/mol. The van der Waals surface area contributed by atoms with Crippen molar-refractivity contribution in [1.29, 1.82) is 0 Å². The van der Waals surface area contributed by atoms with Crippen LogP contribution >= 0.6 is 11.3 Å². The number of hydrogen-bond acceptors (Lipinski definition) is 3. The highest BCUT2D eigenvalue weighted by Crippen LogP contribution is 2.17. The van der Waals surface area contributed by atoms with Crippen molar-refractivity contribution in [3.8, 4) is 0 Å². The summed E-state index contributed by atoms with van der Waals surface area (Å²) in [6.07, 6.45) is 3.68. The van der Waals surface area contributed by atoms with Crippen molar-refractivity contribution in [3.63, 3.8) is 0 Å². The number of aliphatic imine (C=N–C) groups is 1. The van der Waals surface area contributed by atoms with Gasteiger partial charge < -0.3 is 10.6 Å². The Morgan fingerprint density at radius 3 is 3.00 bits per heavy atom. The van der Waals surface area contributed by atoms with Crippen LogP contribution < -0.4 is 10.6 Å². The van der Waals surface area contributed by atoms with E-state index >= 15 is 0 Å². The first-order valence-electron chi connectivity index (χ1n) is 8.40. The van der Waals surface area contributed by atoms with E-state index in [1.165, 1.54) is 30.8 Å². The molecule has 0 bridgehead atoms. The first-order chi connectivity index (χ1) is 10.7. The predicted octanol–water partition coefficient (Wildman–Crippen LogP) is 2.58. The molecule has 2 rings (SSSR count). The van der Waals surface area contributed by atoms with Crippen molar-refractivity contribution in [2.45, 2.75) is 39.2 Å². The lowest BCUT2D eigenvalue weighted by atomic mass is 10.1. The summed E-state index contributed by atoms with van der Waals surface area (Å²) >= 11 is 1.81. The lowest BCUT2D eigenvalue weighted by Crippen LogP contribution is -2.46. The van der Waals surface area contributed by atoms with Gasteiger partial charge in [-0.05, 0) is 43.2 Å². The number of nitrogens with one attached hydrogen (secondary N) is 2. The van der Waals surface area contributed by atoms with E-state index in [2.05, 4.69) is 51.9 Å². The lowest BCUT2D eigenvalue weighted by Gasteiger charge is -2.27. The minimum atomic E-state index is 0.651. The van der Waals surface area contributed by atoms with Crippen molar-refractivity contribution in [2.75, 3.05) is 33.2 Å². The van der Waals surface area contributed by atoms with E-state index in [1.807, 2.05) is 18.4 Å². The van der Waals surface area contributed by atoms with Crippen LogP contribution in [0.1, 0.15) is 31.6 Å². The van der Waals surface area contributed by atoms with E-state index < -0.39 is 0 Å². The lowest BCUT2D eigenvalue weighted by molar-refractivity contribution is 0.226. The highest BCUT2D eigenvalue weighted by Gasteiger charge is 2.24. The van der Waals surface area contributed by atoms with Crippen LogP contribution in [0, 0.1) is 5.92 Å². The fourth-order valence-electron chi connectivity index (χ4n) is 3.03. The molecule has 0 radical (unpaired) electrons. The van der Waals surface area contributed by atoms with Gasteiger partial charge in [0.05, 0.1) is 0 Å². The normalized spacial score (nSPS) is 19.8. The monoisotopic (exact) mass is 322 g/mol. The Hall–Kier alpha value is -1.07. The van der Waals surface area contributed by atoms with Crippen LogP contribution in [-0.4, -0.2) is 50.1 Å². The van der Waals surface area contributed by atoms with Gasteiger partial charge >= 0.3 is 0 Å². The molecule has 0 aliphatic carbocycles. The average Bonchev–Trinajstić information content (AvgIpc) is 3.14. The molecule has 0 amide bonds. The van der Waals surface area contributed by atoms with Gasteiger partial charge in [-0.3, -0.25) is 9.89 Å². The van der Waals surface area contributed by atoms with E-state index in [0.29, 0.717) is 6.04 Å². The summed E-state index contributed by atoms with van der Waals surface area (Å²) < 4.78 is 0. The largest absolute Gasteiger partial charge is 0.356 e. The minimum absolute atomic E-state index is 0.651. The first kappa shape index (κ1) is 17.3. The molecule has 2 N–H and O–H groups in total. The third-order valence-electron chi connectivity index (χ3n) is 4.07. The molecule has 1 aliphatic heterocycles. The maximum atomic E-state index is 4.33. The van der Waals surface area contributed by atoms with Gasteiger partial charge in [-0.15, -0.1) is 11.3 Å². The van der Waals surface area contributed by atoms with Crippen molar-refractivity contribution in [3.05, 3.63) is 22.4 Å². The molecule has 5 heteroatoms. The topological polar surface area (TPSA) is 39.7 Å². The second-order valence-electron chi connectivity index (χ2n) is 6.39. The minimum Gasteiger partial charge on any atom is -0.356 e. The highest BCUT2D eigenvalue weighted by atomic mass is 32.1. The van der Waals surface area contributed by atoms with E-state index in [4.69, 9.17) is 0 Å². The van der Waals surface area contributed by atoms with Gasteiger partial charge in [0.25, 0.3) is 0 Å². The van der Waals surface area contributed by atoms with E-state index in [9.17, 15) is 0 Å². The Morgan fingerprint density at radius 2 is 2.32 bits per heavy atom. The summed E-state index contributed by atoms with van der Waals surface area (Å²) in [5.74, 6) is 1.66. The third-order valence-corrected chi connectivity index (χ3v) is 5.01. The van der Waals surface area contributed by atoms with Gasteiger partial charge in [0.15, 0.2) is 5.96 Å². The highest BCUT2D eigenvalue weighted by molar-refractivity contribution is 7.09. The van der Waals surface area contributed by atoms with Gasteiger partial charge in [-0.1, -0.05) is 19.9 Å². The number of hydrogen-bond donors (Lipinski definition) is 2. The number of nitrogens with zero attached hydrogens (tertiary/aromatic N) is 2. The molecule has 2 heterocycles.